The molecule has 0 amide bonds. The summed E-state index contributed by atoms with van der Waals surface area (Å²) in [4.78, 5) is 13.8. The van der Waals surface area contributed by atoms with E-state index in [1.807, 2.05) is 10.3 Å². The number of halogens is 3. The van der Waals surface area contributed by atoms with E-state index in [-0.39, 0.29) is 13.1 Å². The molecule has 10 heteroatoms. The van der Waals surface area contributed by atoms with Crippen LogP contribution in [0.1, 0.15) is 0 Å². The third kappa shape index (κ3) is 5.87. The SMILES string of the molecule is CN(CCN=C(N)N1CCN(c2nccs2)CC1)CC(F)(F)F. The van der Waals surface area contributed by atoms with E-state index in [4.69, 9.17) is 5.73 Å². The average Bonchev–Trinajstić information content (AvgIpc) is 2.99. The van der Waals surface area contributed by atoms with E-state index >= 15 is 0 Å². The number of nitrogens with two attached hydrogens (primary N) is 1. The minimum Gasteiger partial charge on any atom is -0.370 e. The van der Waals surface area contributed by atoms with Crippen molar-refractivity contribution >= 4 is 22.4 Å². The van der Waals surface area contributed by atoms with Crippen molar-refractivity contribution in [3.8, 4) is 0 Å². The first-order valence-corrected chi connectivity index (χ1v) is 8.18. The number of nitrogens with zero attached hydrogens (tertiary/aromatic N) is 5. The maximum absolute atomic E-state index is 12.2. The van der Waals surface area contributed by atoms with Gasteiger partial charge in [0.25, 0.3) is 0 Å². The van der Waals surface area contributed by atoms with E-state index in [1.54, 1.807) is 17.5 Å². The summed E-state index contributed by atoms with van der Waals surface area (Å²) in [5.74, 6) is 0.393. The Morgan fingerprint density at radius 3 is 2.65 bits per heavy atom. The number of aromatic nitrogens is 1. The summed E-state index contributed by atoms with van der Waals surface area (Å²) in [6, 6.07) is 0. The van der Waals surface area contributed by atoms with Gasteiger partial charge in [0.1, 0.15) is 0 Å². The Hall–Kier alpha value is -1.55. The number of hydrogen-bond acceptors (Lipinski definition) is 5. The third-order valence-electron chi connectivity index (χ3n) is 3.50. The summed E-state index contributed by atoms with van der Waals surface area (Å²) in [6.45, 7) is 2.61. The Morgan fingerprint density at radius 1 is 1.39 bits per heavy atom. The topological polar surface area (TPSA) is 61.0 Å². The maximum Gasteiger partial charge on any atom is 0.401 e. The van der Waals surface area contributed by atoms with Crippen molar-refractivity contribution in [1.82, 2.24) is 14.8 Å². The van der Waals surface area contributed by atoms with E-state index in [0.717, 1.165) is 31.3 Å². The molecule has 1 aromatic heterocycles. The Bertz CT molecular complexity index is 496. The minimum absolute atomic E-state index is 0.222. The van der Waals surface area contributed by atoms with Crippen molar-refractivity contribution in [2.45, 2.75) is 6.18 Å². The molecule has 0 bridgehead atoms. The molecule has 1 aliphatic heterocycles. The lowest BCUT2D eigenvalue weighted by Gasteiger charge is -2.35. The predicted octanol–water partition coefficient (Wildman–Crippen LogP) is 1.07. The molecule has 23 heavy (non-hydrogen) atoms. The first kappa shape index (κ1) is 17.8. The number of guanidine groups is 1. The van der Waals surface area contributed by atoms with Gasteiger partial charge in [0.15, 0.2) is 11.1 Å². The van der Waals surface area contributed by atoms with Crippen molar-refractivity contribution < 1.29 is 13.2 Å². The zero-order valence-electron chi connectivity index (χ0n) is 13.0. The summed E-state index contributed by atoms with van der Waals surface area (Å²) < 4.78 is 36.6. The summed E-state index contributed by atoms with van der Waals surface area (Å²) in [7, 11) is 1.42. The molecule has 0 aromatic carbocycles. The number of hydrogen-bond donors (Lipinski definition) is 1. The van der Waals surface area contributed by atoms with Gasteiger partial charge in [-0.1, -0.05) is 0 Å². The molecular weight excluding hydrogens is 329 g/mol. The van der Waals surface area contributed by atoms with E-state index in [9.17, 15) is 13.2 Å². The predicted molar refractivity (Wildman–Crippen MR) is 85.9 cm³/mol. The molecule has 0 spiro atoms. The Balaban J connectivity index is 1.73. The largest absolute Gasteiger partial charge is 0.401 e. The zero-order chi connectivity index (χ0) is 16.9. The van der Waals surface area contributed by atoms with Gasteiger partial charge in [-0.2, -0.15) is 13.2 Å². The normalized spacial score (nSPS) is 17.2. The van der Waals surface area contributed by atoms with Crippen LogP contribution in [0.15, 0.2) is 16.6 Å². The van der Waals surface area contributed by atoms with E-state index in [0.29, 0.717) is 5.96 Å². The fourth-order valence-electron chi connectivity index (χ4n) is 2.32. The number of alkyl halides is 3. The lowest BCUT2D eigenvalue weighted by atomic mass is 10.3. The highest BCUT2D eigenvalue weighted by Gasteiger charge is 2.28. The lowest BCUT2D eigenvalue weighted by molar-refractivity contribution is -0.142. The van der Waals surface area contributed by atoms with Gasteiger partial charge in [0.2, 0.25) is 0 Å². The molecule has 0 aliphatic carbocycles. The Morgan fingerprint density at radius 2 is 2.09 bits per heavy atom. The van der Waals surface area contributed by atoms with E-state index in [2.05, 4.69) is 14.9 Å². The molecular formula is C13H21F3N6S. The van der Waals surface area contributed by atoms with Crippen molar-refractivity contribution in [1.29, 1.82) is 0 Å². The van der Waals surface area contributed by atoms with Gasteiger partial charge < -0.3 is 15.5 Å². The van der Waals surface area contributed by atoms with Crippen molar-refractivity contribution in [3.63, 3.8) is 0 Å². The van der Waals surface area contributed by atoms with Crippen LogP contribution in [0, 0.1) is 0 Å². The smallest absolute Gasteiger partial charge is 0.370 e. The lowest BCUT2D eigenvalue weighted by Crippen LogP contribution is -2.51. The number of thiazole rings is 1. The maximum atomic E-state index is 12.2. The number of aliphatic imine (C=N–C) groups is 1. The Kier molecular flexibility index (Phi) is 6.05. The monoisotopic (exact) mass is 350 g/mol. The van der Waals surface area contributed by atoms with Crippen LogP contribution in [0.25, 0.3) is 0 Å². The molecule has 2 rings (SSSR count). The standard InChI is InChI=1S/C13H21F3N6S/c1-20(10-13(14,15)16)4-2-18-11(17)21-5-7-22(8-6-21)12-19-3-9-23-12/h3,9H,2,4-8,10H2,1H3,(H2,17,18). The second kappa shape index (κ2) is 7.82. The number of rotatable bonds is 5. The molecule has 2 heterocycles. The first-order chi connectivity index (χ1) is 10.8. The van der Waals surface area contributed by atoms with Crippen molar-refractivity contribution in [2.24, 2.45) is 10.7 Å². The second-order valence-electron chi connectivity index (χ2n) is 5.38. The zero-order valence-corrected chi connectivity index (χ0v) is 13.8. The first-order valence-electron chi connectivity index (χ1n) is 7.30. The van der Waals surface area contributed by atoms with Crippen LogP contribution in [-0.2, 0) is 0 Å². The van der Waals surface area contributed by atoms with Gasteiger partial charge in [-0.3, -0.25) is 9.89 Å². The second-order valence-corrected chi connectivity index (χ2v) is 6.25. The van der Waals surface area contributed by atoms with E-state index in [1.165, 1.54) is 11.9 Å². The van der Waals surface area contributed by atoms with Crippen LogP contribution in [0.4, 0.5) is 18.3 Å². The molecule has 0 atom stereocenters. The molecule has 1 aromatic rings. The average molecular weight is 350 g/mol. The van der Waals surface area contributed by atoms with Crippen LogP contribution >= 0.6 is 11.3 Å². The van der Waals surface area contributed by atoms with Crippen LogP contribution < -0.4 is 10.6 Å². The van der Waals surface area contributed by atoms with Crippen LogP contribution in [0.3, 0.4) is 0 Å². The molecule has 0 unspecified atom stereocenters. The number of anilines is 1. The molecule has 6 nitrogen and oxygen atoms in total. The van der Waals surface area contributed by atoms with Crippen molar-refractivity contribution in [2.75, 3.05) is 57.8 Å². The number of likely N-dealkylation sites (N-methyl/N-ethyl adjacent to an activating group) is 1. The molecule has 1 fully saturated rings. The summed E-state index contributed by atoms with van der Waals surface area (Å²) >= 11 is 1.60. The quantitative estimate of drug-likeness (QED) is 0.636. The van der Waals surface area contributed by atoms with Gasteiger partial charge in [0, 0.05) is 44.3 Å². The highest BCUT2D eigenvalue weighted by Crippen LogP contribution is 2.18. The molecule has 1 saturated heterocycles. The minimum atomic E-state index is -4.18. The summed E-state index contributed by atoms with van der Waals surface area (Å²) in [6.07, 6.45) is -2.41. The fourth-order valence-corrected chi connectivity index (χ4v) is 3.02. The van der Waals surface area contributed by atoms with E-state index < -0.39 is 12.7 Å². The highest BCUT2D eigenvalue weighted by molar-refractivity contribution is 7.13. The molecule has 2 N–H and O–H groups in total. The fraction of sp³-hybridized carbons (Fsp3) is 0.692. The van der Waals surface area contributed by atoms with Crippen LogP contribution in [-0.4, -0.2) is 79.8 Å². The third-order valence-corrected chi connectivity index (χ3v) is 4.33. The number of piperazine rings is 1. The molecule has 1 aliphatic rings. The van der Waals surface area contributed by atoms with Crippen LogP contribution in [0.5, 0.6) is 0 Å². The van der Waals surface area contributed by atoms with Gasteiger partial charge >= 0.3 is 6.18 Å². The summed E-state index contributed by atoms with van der Waals surface area (Å²) in [5.41, 5.74) is 5.93. The molecule has 0 radical (unpaired) electrons. The molecule has 130 valence electrons. The van der Waals surface area contributed by atoms with Crippen LogP contribution in [0.2, 0.25) is 0 Å². The van der Waals surface area contributed by atoms with Gasteiger partial charge in [-0.25, -0.2) is 4.98 Å². The van der Waals surface area contributed by atoms with Crippen molar-refractivity contribution in [3.05, 3.63) is 11.6 Å². The Labute approximate surface area is 137 Å². The van der Waals surface area contributed by atoms with Gasteiger partial charge in [0.05, 0.1) is 13.1 Å². The highest BCUT2D eigenvalue weighted by atomic mass is 32.1. The van der Waals surface area contributed by atoms with Gasteiger partial charge in [-0.15, -0.1) is 11.3 Å². The molecule has 0 saturated carbocycles. The van der Waals surface area contributed by atoms with Gasteiger partial charge in [-0.05, 0) is 7.05 Å². The summed E-state index contributed by atoms with van der Waals surface area (Å²) in [5, 5.41) is 2.93.